The summed E-state index contributed by atoms with van der Waals surface area (Å²) >= 11 is 0. The maximum absolute atomic E-state index is 12.6. The number of imidazole rings is 1. The van der Waals surface area contributed by atoms with E-state index in [0.29, 0.717) is 13.1 Å². The summed E-state index contributed by atoms with van der Waals surface area (Å²) in [6.45, 7) is 1.19. The number of carbonyl (C=O) groups is 1. The van der Waals surface area contributed by atoms with Gasteiger partial charge in [-0.3, -0.25) is 0 Å². The summed E-state index contributed by atoms with van der Waals surface area (Å²) in [5, 5.41) is 0. The van der Waals surface area contributed by atoms with E-state index in [1.807, 2.05) is 50.6 Å². The van der Waals surface area contributed by atoms with Crippen molar-refractivity contribution in [3.05, 3.63) is 89.5 Å². The van der Waals surface area contributed by atoms with Crippen LogP contribution in [-0.4, -0.2) is 39.9 Å². The van der Waals surface area contributed by atoms with Crippen molar-refractivity contribution in [2.24, 2.45) is 0 Å². The number of aromatic amines is 1. The first-order valence-electron chi connectivity index (χ1n) is 8.67. The molecule has 0 fully saturated rings. The van der Waals surface area contributed by atoms with E-state index in [4.69, 9.17) is 0 Å². The molecule has 0 spiro atoms. The van der Waals surface area contributed by atoms with Gasteiger partial charge in [-0.1, -0.05) is 54.6 Å². The molecule has 2 aromatic carbocycles. The molecule has 3 aromatic rings. The largest absolute Gasteiger partial charge is 0.351 e. The van der Waals surface area contributed by atoms with Gasteiger partial charge >= 0.3 is 6.03 Å². The highest BCUT2D eigenvalue weighted by molar-refractivity contribution is 5.73. The lowest BCUT2D eigenvalue weighted by Gasteiger charge is -2.25. The van der Waals surface area contributed by atoms with Crippen LogP contribution in [0.4, 0.5) is 4.79 Å². The number of carbonyl (C=O) groups excluding carboxylic acids is 1. The minimum absolute atomic E-state index is 0.00875. The number of aromatic nitrogens is 2. The second kappa shape index (κ2) is 8.34. The molecule has 0 saturated heterocycles. The van der Waals surface area contributed by atoms with E-state index in [0.717, 1.165) is 23.2 Å². The molecule has 0 bridgehead atoms. The molecular formula is C21H24N4O. The van der Waals surface area contributed by atoms with E-state index in [1.165, 1.54) is 5.56 Å². The molecule has 0 radical (unpaired) electrons. The smallest absolute Gasteiger partial charge is 0.320 e. The van der Waals surface area contributed by atoms with Crippen molar-refractivity contribution in [1.82, 2.24) is 19.8 Å². The van der Waals surface area contributed by atoms with E-state index in [-0.39, 0.29) is 6.03 Å². The molecule has 0 saturated carbocycles. The summed E-state index contributed by atoms with van der Waals surface area (Å²) in [5.41, 5.74) is 4.46. The average molecular weight is 348 g/mol. The normalized spacial score (nSPS) is 10.5. The Kier molecular flexibility index (Phi) is 5.69. The minimum atomic E-state index is 0.00875. The molecule has 134 valence electrons. The second-order valence-electron chi connectivity index (χ2n) is 6.53. The molecule has 1 N–H and O–H groups in total. The Hall–Kier alpha value is -3.08. The first-order valence-corrected chi connectivity index (χ1v) is 8.67. The molecule has 5 nitrogen and oxygen atoms in total. The van der Waals surface area contributed by atoms with Crippen LogP contribution in [0.3, 0.4) is 0 Å². The van der Waals surface area contributed by atoms with Crippen LogP contribution in [0.1, 0.15) is 22.4 Å². The molecule has 26 heavy (non-hydrogen) atoms. The van der Waals surface area contributed by atoms with Crippen LogP contribution in [0.2, 0.25) is 0 Å². The first kappa shape index (κ1) is 17.7. The van der Waals surface area contributed by atoms with Crippen LogP contribution >= 0.6 is 0 Å². The molecule has 0 unspecified atom stereocenters. The number of nitrogens with zero attached hydrogens (tertiary/aromatic N) is 3. The third-order valence-electron chi connectivity index (χ3n) is 4.30. The lowest BCUT2D eigenvalue weighted by atomic mass is 10.1. The van der Waals surface area contributed by atoms with E-state index in [2.05, 4.69) is 34.2 Å². The first-order chi connectivity index (χ1) is 12.6. The zero-order valence-corrected chi connectivity index (χ0v) is 15.2. The number of hydrogen-bond donors (Lipinski definition) is 1. The summed E-state index contributed by atoms with van der Waals surface area (Å²) in [7, 11) is 3.67. The summed E-state index contributed by atoms with van der Waals surface area (Å²) in [5.74, 6) is 0. The van der Waals surface area contributed by atoms with Gasteiger partial charge in [0.25, 0.3) is 0 Å². The Labute approximate surface area is 154 Å². The molecule has 1 heterocycles. The Morgan fingerprint density at radius 3 is 2.04 bits per heavy atom. The average Bonchev–Trinajstić information content (AvgIpc) is 3.16. The number of rotatable bonds is 6. The molecule has 0 atom stereocenters. The van der Waals surface area contributed by atoms with Crippen molar-refractivity contribution in [3.8, 4) is 0 Å². The van der Waals surface area contributed by atoms with Crippen LogP contribution < -0.4 is 0 Å². The fraction of sp³-hybridized carbons (Fsp3) is 0.238. The molecule has 0 aliphatic carbocycles. The van der Waals surface area contributed by atoms with E-state index in [1.54, 1.807) is 16.1 Å². The highest BCUT2D eigenvalue weighted by Gasteiger charge is 2.14. The standard InChI is InChI=1S/C21H24N4O/c1-24(14-18-6-4-3-5-7-18)21(26)25(2)15-19-10-8-17(9-11-19)12-20-13-22-16-23-20/h3-11,13,16H,12,14-15H2,1-2H3,(H,22,23). The summed E-state index contributed by atoms with van der Waals surface area (Å²) in [6.07, 6.45) is 4.40. The van der Waals surface area contributed by atoms with Gasteiger partial charge in [-0.15, -0.1) is 0 Å². The topological polar surface area (TPSA) is 52.2 Å². The number of H-pyrrole nitrogens is 1. The summed E-state index contributed by atoms with van der Waals surface area (Å²) in [6, 6.07) is 18.4. The van der Waals surface area contributed by atoms with Gasteiger partial charge in [0.1, 0.15) is 0 Å². The molecule has 1 aromatic heterocycles. The summed E-state index contributed by atoms with van der Waals surface area (Å²) < 4.78 is 0. The van der Waals surface area contributed by atoms with Gasteiger partial charge in [0.2, 0.25) is 0 Å². The van der Waals surface area contributed by atoms with Gasteiger partial charge < -0.3 is 14.8 Å². The van der Waals surface area contributed by atoms with Crippen molar-refractivity contribution in [2.45, 2.75) is 19.5 Å². The van der Waals surface area contributed by atoms with Crippen molar-refractivity contribution in [1.29, 1.82) is 0 Å². The minimum Gasteiger partial charge on any atom is -0.351 e. The van der Waals surface area contributed by atoms with Crippen molar-refractivity contribution in [3.63, 3.8) is 0 Å². The third-order valence-corrected chi connectivity index (χ3v) is 4.30. The molecule has 2 amide bonds. The second-order valence-corrected chi connectivity index (χ2v) is 6.53. The maximum Gasteiger partial charge on any atom is 0.320 e. The number of urea groups is 1. The molecule has 0 aliphatic rings. The van der Waals surface area contributed by atoms with Crippen molar-refractivity contribution in [2.75, 3.05) is 14.1 Å². The lowest BCUT2D eigenvalue weighted by Crippen LogP contribution is -2.37. The van der Waals surface area contributed by atoms with Gasteiger partial charge in [0.15, 0.2) is 0 Å². The van der Waals surface area contributed by atoms with Crippen molar-refractivity contribution >= 4 is 6.03 Å². The molecular weight excluding hydrogens is 324 g/mol. The predicted octanol–water partition coefficient (Wildman–Crippen LogP) is 3.68. The molecule has 0 aliphatic heterocycles. The lowest BCUT2D eigenvalue weighted by molar-refractivity contribution is 0.169. The van der Waals surface area contributed by atoms with Crippen molar-refractivity contribution < 1.29 is 4.79 Å². The van der Waals surface area contributed by atoms with Gasteiger partial charge in [-0.05, 0) is 16.7 Å². The van der Waals surface area contributed by atoms with E-state index in [9.17, 15) is 4.79 Å². The third kappa shape index (κ3) is 4.72. The van der Waals surface area contributed by atoms with Crippen LogP contribution in [0.5, 0.6) is 0 Å². The number of amides is 2. The van der Waals surface area contributed by atoms with Gasteiger partial charge in [-0.2, -0.15) is 0 Å². The van der Waals surface area contributed by atoms with E-state index >= 15 is 0 Å². The van der Waals surface area contributed by atoms with Crippen LogP contribution in [0.25, 0.3) is 0 Å². The zero-order valence-electron chi connectivity index (χ0n) is 15.2. The number of nitrogens with one attached hydrogen (secondary N) is 1. The predicted molar refractivity (Wildman–Crippen MR) is 103 cm³/mol. The van der Waals surface area contributed by atoms with Gasteiger partial charge in [-0.25, -0.2) is 9.78 Å². The fourth-order valence-corrected chi connectivity index (χ4v) is 2.92. The quantitative estimate of drug-likeness (QED) is 0.739. The Morgan fingerprint density at radius 2 is 1.46 bits per heavy atom. The Balaban J connectivity index is 1.54. The van der Waals surface area contributed by atoms with Gasteiger partial charge in [0, 0.05) is 39.8 Å². The highest BCUT2D eigenvalue weighted by Crippen LogP contribution is 2.12. The van der Waals surface area contributed by atoms with Gasteiger partial charge in [0.05, 0.1) is 12.0 Å². The SMILES string of the molecule is CN(Cc1ccccc1)C(=O)N(C)Cc1ccc(Cc2c[nH]cn2)cc1. The monoisotopic (exact) mass is 348 g/mol. The van der Waals surface area contributed by atoms with E-state index < -0.39 is 0 Å². The van der Waals surface area contributed by atoms with Crippen LogP contribution in [-0.2, 0) is 19.5 Å². The number of hydrogen-bond acceptors (Lipinski definition) is 2. The zero-order chi connectivity index (χ0) is 18.4. The summed E-state index contributed by atoms with van der Waals surface area (Å²) in [4.78, 5) is 23.3. The van der Waals surface area contributed by atoms with Crippen LogP contribution in [0, 0.1) is 0 Å². The highest BCUT2D eigenvalue weighted by atomic mass is 16.2. The molecule has 3 rings (SSSR count). The Bertz CT molecular complexity index is 813. The Morgan fingerprint density at radius 1 is 0.885 bits per heavy atom. The van der Waals surface area contributed by atoms with Crippen LogP contribution in [0.15, 0.2) is 67.1 Å². The number of benzene rings is 2. The maximum atomic E-state index is 12.6. The molecule has 5 heteroatoms. The fourth-order valence-electron chi connectivity index (χ4n) is 2.92.